The van der Waals surface area contributed by atoms with E-state index in [2.05, 4.69) is 10.3 Å². The maximum atomic E-state index is 14.8. The zero-order valence-electron chi connectivity index (χ0n) is 27.4. The van der Waals surface area contributed by atoms with Crippen molar-refractivity contribution in [2.24, 2.45) is 0 Å². The van der Waals surface area contributed by atoms with Gasteiger partial charge in [-0.25, -0.2) is 4.39 Å². The molecule has 0 aliphatic heterocycles. The van der Waals surface area contributed by atoms with Gasteiger partial charge in [0.2, 0.25) is 5.56 Å². The van der Waals surface area contributed by atoms with Gasteiger partial charge >= 0.3 is 12.4 Å². The molecular weight excluding hydrogens is 673 g/mol. The highest BCUT2D eigenvalue weighted by Gasteiger charge is 2.62. The third-order valence-corrected chi connectivity index (χ3v) is 9.96. The number of nitrogens with one attached hydrogen (secondary N) is 2. The summed E-state index contributed by atoms with van der Waals surface area (Å²) >= 11 is 0. The quantitative estimate of drug-likeness (QED) is 0.120. The van der Waals surface area contributed by atoms with E-state index in [1.165, 1.54) is 18.2 Å². The van der Waals surface area contributed by atoms with Crippen LogP contribution in [0.3, 0.4) is 0 Å². The Kier molecular flexibility index (Phi) is 9.69. The predicted molar refractivity (Wildman–Crippen MR) is 173 cm³/mol. The second kappa shape index (κ2) is 13.1. The maximum Gasteiger partial charge on any atom is 0.419 e. The number of H-pyrrole nitrogens is 1. The summed E-state index contributed by atoms with van der Waals surface area (Å²) < 4.78 is 95.8. The molecule has 6 N–H and O–H groups in total. The van der Waals surface area contributed by atoms with E-state index in [0.29, 0.717) is 27.6 Å². The molecule has 0 fully saturated rings. The molecule has 14 heteroatoms. The number of hydrogen-bond acceptors (Lipinski definition) is 6. The molecule has 0 bridgehead atoms. The molecule has 2 aliphatic carbocycles. The van der Waals surface area contributed by atoms with Crippen molar-refractivity contribution in [3.8, 4) is 11.5 Å². The van der Waals surface area contributed by atoms with E-state index in [1.54, 1.807) is 45.0 Å². The summed E-state index contributed by atoms with van der Waals surface area (Å²) in [4.78, 5) is 14.3. The van der Waals surface area contributed by atoms with Gasteiger partial charge in [0, 0.05) is 34.7 Å². The Morgan fingerprint density at radius 3 is 2.28 bits per heavy atom. The summed E-state index contributed by atoms with van der Waals surface area (Å²) in [7, 11) is 0. The number of rotatable bonds is 4. The largest absolute Gasteiger partial charge is 0.507 e. The number of pyridine rings is 1. The van der Waals surface area contributed by atoms with Crippen molar-refractivity contribution < 1.29 is 51.2 Å². The van der Waals surface area contributed by atoms with E-state index >= 15 is 0 Å². The van der Waals surface area contributed by atoms with Crippen molar-refractivity contribution in [3.05, 3.63) is 98.1 Å². The first-order valence-corrected chi connectivity index (χ1v) is 16.1. The van der Waals surface area contributed by atoms with Crippen LogP contribution >= 0.6 is 0 Å². The zero-order chi connectivity index (χ0) is 37.0. The van der Waals surface area contributed by atoms with E-state index in [0.717, 1.165) is 6.07 Å². The number of fused-ring (bicyclic) bond motifs is 3. The molecule has 0 amide bonds. The highest BCUT2D eigenvalue weighted by Crippen LogP contribution is 2.56. The SMILES string of the molecule is CCc1c(F)cc2c(c1O)[C@@H](CC)C[C@](O)(C(F)(F)F)[C@H]2Nc1cccc2[nH]c(=O)ccc12.Cc1ccc2c(c1O)CCC(O)(C(F)(F)F)C2. The third kappa shape index (κ3) is 6.39. The van der Waals surface area contributed by atoms with E-state index < -0.39 is 60.6 Å². The van der Waals surface area contributed by atoms with Crippen LogP contribution in [-0.2, 0) is 19.3 Å². The average Bonchev–Trinajstić information content (AvgIpc) is 3.03. The van der Waals surface area contributed by atoms with E-state index in [1.807, 2.05) is 0 Å². The lowest BCUT2D eigenvalue weighted by molar-refractivity contribution is -0.272. The van der Waals surface area contributed by atoms with Crippen LogP contribution in [0.1, 0.15) is 78.5 Å². The Morgan fingerprint density at radius 1 is 0.960 bits per heavy atom. The second-order valence-electron chi connectivity index (χ2n) is 13.0. The Balaban J connectivity index is 0.000000240. The molecule has 2 aliphatic rings. The third-order valence-electron chi connectivity index (χ3n) is 9.96. The number of halogens is 7. The number of aromatic nitrogens is 1. The molecule has 1 unspecified atom stereocenters. The summed E-state index contributed by atoms with van der Waals surface area (Å²) in [5, 5.41) is 44.4. The Labute approximate surface area is 282 Å². The van der Waals surface area contributed by atoms with Gasteiger partial charge in [-0.15, -0.1) is 0 Å². The molecule has 0 spiro atoms. The standard InChI is InChI=1S/C24H24F4N2O3.C12H13F3O2/c1-3-12-11-23(33,24(26,27)28)22(15-10-16(25)13(4-2)21(32)20(12)15)30-18-7-5-6-17-14(18)8-9-19(31)29-17;1-7-2-3-8-6-11(17,12(13,14)15)5-4-9(8)10(7)16/h5-10,12,22,30,32-33H,3-4,11H2,1-2H3,(H,29,31);2-3,16-17H,4-6H2,1H3/t12-,22-,23+;/m0./s1. The minimum Gasteiger partial charge on any atom is -0.507 e. The number of aliphatic hydroxyl groups is 2. The Hall–Kier alpha value is -4.30. The first kappa shape index (κ1) is 37.0. The van der Waals surface area contributed by atoms with Crippen LogP contribution in [-0.4, -0.2) is 49.0 Å². The first-order valence-electron chi connectivity index (χ1n) is 16.1. The van der Waals surface area contributed by atoms with Crippen LogP contribution in [0.2, 0.25) is 0 Å². The van der Waals surface area contributed by atoms with E-state index in [9.17, 15) is 56.0 Å². The molecule has 270 valence electrons. The van der Waals surface area contributed by atoms with Crippen molar-refractivity contribution in [2.45, 2.75) is 94.8 Å². The van der Waals surface area contributed by atoms with Crippen molar-refractivity contribution in [1.29, 1.82) is 0 Å². The maximum absolute atomic E-state index is 14.8. The normalized spacial score (nSPS) is 23.4. The second-order valence-corrected chi connectivity index (χ2v) is 13.0. The number of aromatic hydroxyl groups is 2. The van der Waals surface area contributed by atoms with Crippen molar-refractivity contribution >= 4 is 16.6 Å². The highest BCUT2D eigenvalue weighted by molar-refractivity contribution is 5.91. The number of phenolic OH excluding ortho intramolecular Hbond substituents is 2. The van der Waals surface area contributed by atoms with Crippen molar-refractivity contribution in [2.75, 3.05) is 5.32 Å². The molecule has 50 heavy (non-hydrogen) atoms. The Morgan fingerprint density at radius 2 is 1.66 bits per heavy atom. The minimum atomic E-state index is -5.04. The monoisotopic (exact) mass is 710 g/mol. The van der Waals surface area contributed by atoms with Crippen LogP contribution < -0.4 is 10.9 Å². The number of benzene rings is 3. The van der Waals surface area contributed by atoms with Gasteiger partial charge in [0.15, 0.2) is 11.2 Å². The molecule has 3 aromatic carbocycles. The first-order chi connectivity index (χ1) is 23.3. The van der Waals surface area contributed by atoms with Crippen LogP contribution in [0, 0.1) is 12.7 Å². The fourth-order valence-electron chi connectivity index (χ4n) is 7.08. The number of aromatic amines is 1. The van der Waals surface area contributed by atoms with Crippen LogP contribution in [0.4, 0.5) is 36.4 Å². The van der Waals surface area contributed by atoms with Gasteiger partial charge in [0.25, 0.3) is 0 Å². The lowest BCUT2D eigenvalue weighted by atomic mass is 9.68. The summed E-state index contributed by atoms with van der Waals surface area (Å²) in [5.41, 5.74) is -4.00. The van der Waals surface area contributed by atoms with Gasteiger partial charge < -0.3 is 30.7 Å². The molecule has 4 atom stereocenters. The molecule has 0 radical (unpaired) electrons. The lowest BCUT2D eigenvalue weighted by Crippen LogP contribution is -2.55. The van der Waals surface area contributed by atoms with E-state index in [-0.39, 0.29) is 58.7 Å². The van der Waals surface area contributed by atoms with Gasteiger partial charge in [-0.2, -0.15) is 26.3 Å². The fourth-order valence-corrected chi connectivity index (χ4v) is 7.08. The number of aryl methyl sites for hydroxylation is 1. The number of phenols is 2. The van der Waals surface area contributed by atoms with Gasteiger partial charge in [-0.05, 0) is 91.5 Å². The summed E-state index contributed by atoms with van der Waals surface area (Å²) in [6.07, 6.45) is -10.8. The van der Waals surface area contributed by atoms with Crippen molar-refractivity contribution in [1.82, 2.24) is 4.98 Å². The molecule has 0 saturated carbocycles. The van der Waals surface area contributed by atoms with Gasteiger partial charge in [0.05, 0.1) is 11.6 Å². The summed E-state index contributed by atoms with van der Waals surface area (Å²) in [6, 6.07) is 9.65. The van der Waals surface area contributed by atoms with Crippen LogP contribution in [0.25, 0.3) is 10.9 Å². The highest BCUT2D eigenvalue weighted by atomic mass is 19.4. The summed E-state index contributed by atoms with van der Waals surface area (Å²) in [6.45, 7) is 5.00. The molecule has 6 rings (SSSR count). The number of anilines is 1. The van der Waals surface area contributed by atoms with Crippen LogP contribution in [0.15, 0.2) is 53.3 Å². The lowest BCUT2D eigenvalue weighted by Gasteiger charge is -2.46. The van der Waals surface area contributed by atoms with Crippen molar-refractivity contribution in [3.63, 3.8) is 0 Å². The van der Waals surface area contributed by atoms with E-state index in [4.69, 9.17) is 0 Å². The Bertz CT molecular complexity index is 1980. The zero-order valence-corrected chi connectivity index (χ0v) is 27.4. The fraction of sp³-hybridized carbons (Fsp3) is 0.417. The molecule has 1 heterocycles. The molecule has 7 nitrogen and oxygen atoms in total. The molecular formula is C36H37F7N2O5. The molecule has 4 aromatic rings. The minimum absolute atomic E-state index is 0.0335. The topological polar surface area (TPSA) is 126 Å². The predicted octanol–water partition coefficient (Wildman–Crippen LogP) is 7.76. The average molecular weight is 711 g/mol. The molecule has 0 saturated heterocycles. The van der Waals surface area contributed by atoms with Gasteiger partial charge in [-0.1, -0.05) is 32.0 Å². The van der Waals surface area contributed by atoms with Gasteiger partial charge in [0.1, 0.15) is 17.3 Å². The molecule has 1 aromatic heterocycles. The van der Waals surface area contributed by atoms with Crippen LogP contribution in [0.5, 0.6) is 11.5 Å². The smallest absolute Gasteiger partial charge is 0.419 e. The number of alkyl halides is 6. The summed E-state index contributed by atoms with van der Waals surface area (Å²) in [5.74, 6) is -1.96. The number of hydrogen-bond donors (Lipinski definition) is 6. The van der Waals surface area contributed by atoms with Gasteiger partial charge in [-0.3, -0.25) is 4.79 Å².